The Bertz CT molecular complexity index is 2430. The Hall–Kier alpha value is -6.00. The van der Waals surface area contributed by atoms with Gasteiger partial charge in [0.15, 0.2) is 0 Å². The molecule has 44 heavy (non-hydrogen) atoms. The average molecular weight is 563 g/mol. The smallest absolute Gasteiger partial charge is 0.138 e. The molecule has 9 aromatic rings. The summed E-state index contributed by atoms with van der Waals surface area (Å²) in [7, 11) is 0. The first-order chi connectivity index (χ1) is 21.8. The lowest BCUT2D eigenvalue weighted by Crippen LogP contribution is -2.00. The molecule has 0 spiro atoms. The van der Waals surface area contributed by atoms with Gasteiger partial charge in [-0.2, -0.15) is 0 Å². The molecule has 9 rings (SSSR count). The third-order valence-electron chi connectivity index (χ3n) is 8.59. The van der Waals surface area contributed by atoms with E-state index in [4.69, 9.17) is 4.98 Å². The van der Waals surface area contributed by atoms with Crippen LogP contribution < -0.4 is 0 Å². The lowest BCUT2D eigenvalue weighted by Gasteiger charge is -2.12. The molecule has 0 radical (unpaired) electrons. The maximum absolute atomic E-state index is 5.21. The van der Waals surface area contributed by atoms with Crippen LogP contribution in [0.2, 0.25) is 0 Å². The molecular weight excluding hydrogens is 536 g/mol. The Balaban J connectivity index is 1.27. The number of hydrogen-bond donors (Lipinski definition) is 1. The minimum Gasteiger partial charge on any atom is -0.355 e. The zero-order valence-electron chi connectivity index (χ0n) is 23.8. The van der Waals surface area contributed by atoms with Crippen LogP contribution in [0.15, 0.2) is 152 Å². The first-order valence-corrected chi connectivity index (χ1v) is 14.8. The largest absolute Gasteiger partial charge is 0.355 e. The van der Waals surface area contributed by atoms with Crippen molar-refractivity contribution in [1.82, 2.24) is 19.5 Å². The summed E-state index contributed by atoms with van der Waals surface area (Å²) in [5, 5.41) is 4.88. The van der Waals surface area contributed by atoms with E-state index < -0.39 is 0 Å². The standard InChI is InChI=1S/C40H26N4/c1-2-10-26(11-3-1)29-24-37(36-15-8-9-21-41-36)43-40(25-29)44-38-16-7-5-13-31(38)33-23-28(18-20-39(33)44)27-17-19-35-32(22-27)30-12-4-6-14-34(30)42-35/h1-25,42H. The molecule has 0 saturated carbocycles. The van der Waals surface area contributed by atoms with E-state index in [0.717, 1.165) is 50.4 Å². The third kappa shape index (κ3) is 3.92. The average Bonchev–Trinajstić information content (AvgIpc) is 3.64. The summed E-state index contributed by atoms with van der Waals surface area (Å²) in [5.74, 6) is 0.867. The number of pyridine rings is 2. The van der Waals surface area contributed by atoms with Crippen molar-refractivity contribution in [2.45, 2.75) is 0 Å². The van der Waals surface area contributed by atoms with E-state index in [2.05, 4.69) is 136 Å². The van der Waals surface area contributed by atoms with Gasteiger partial charge < -0.3 is 4.98 Å². The highest BCUT2D eigenvalue weighted by Gasteiger charge is 2.17. The second-order valence-corrected chi connectivity index (χ2v) is 11.2. The molecule has 4 nitrogen and oxygen atoms in total. The molecule has 4 aromatic heterocycles. The highest BCUT2D eigenvalue weighted by Crippen LogP contribution is 2.37. The van der Waals surface area contributed by atoms with Gasteiger partial charge in [0, 0.05) is 38.8 Å². The molecule has 0 aliphatic rings. The van der Waals surface area contributed by atoms with Gasteiger partial charge in [0.05, 0.1) is 22.4 Å². The molecular formula is C40H26N4. The predicted molar refractivity (Wildman–Crippen MR) is 182 cm³/mol. The Labute approximate surface area is 253 Å². The fourth-order valence-electron chi connectivity index (χ4n) is 6.50. The number of benzene rings is 5. The summed E-state index contributed by atoms with van der Waals surface area (Å²) < 4.78 is 2.29. The number of aromatic nitrogens is 4. The van der Waals surface area contributed by atoms with Gasteiger partial charge in [0.2, 0.25) is 0 Å². The molecule has 0 unspecified atom stereocenters. The van der Waals surface area contributed by atoms with E-state index in [9.17, 15) is 0 Å². The third-order valence-corrected chi connectivity index (χ3v) is 8.59. The quantitative estimate of drug-likeness (QED) is 0.232. The van der Waals surface area contributed by atoms with E-state index in [1.165, 1.54) is 32.7 Å². The maximum atomic E-state index is 5.21. The molecule has 0 saturated heterocycles. The fourth-order valence-corrected chi connectivity index (χ4v) is 6.50. The van der Waals surface area contributed by atoms with Crippen LogP contribution in [0, 0.1) is 0 Å². The molecule has 5 aromatic carbocycles. The fraction of sp³-hybridized carbons (Fsp3) is 0. The van der Waals surface area contributed by atoms with Crippen molar-refractivity contribution in [2.75, 3.05) is 0 Å². The molecule has 0 amide bonds. The van der Waals surface area contributed by atoms with Crippen LogP contribution in [0.5, 0.6) is 0 Å². The van der Waals surface area contributed by atoms with Crippen LogP contribution in [-0.2, 0) is 0 Å². The predicted octanol–water partition coefficient (Wildman–Crippen LogP) is 10.2. The first kappa shape index (κ1) is 24.6. The molecule has 0 atom stereocenters. The van der Waals surface area contributed by atoms with Gasteiger partial charge in [-0.25, -0.2) is 4.98 Å². The number of hydrogen-bond acceptors (Lipinski definition) is 2. The summed E-state index contributed by atoms with van der Waals surface area (Å²) in [4.78, 5) is 13.4. The molecule has 4 heteroatoms. The van der Waals surface area contributed by atoms with Crippen LogP contribution in [-0.4, -0.2) is 19.5 Å². The van der Waals surface area contributed by atoms with Gasteiger partial charge in [-0.05, 0) is 82.9 Å². The van der Waals surface area contributed by atoms with Crippen LogP contribution in [0.4, 0.5) is 0 Å². The van der Waals surface area contributed by atoms with Crippen LogP contribution in [0.3, 0.4) is 0 Å². The van der Waals surface area contributed by atoms with E-state index in [0.29, 0.717) is 0 Å². The molecule has 1 N–H and O–H groups in total. The topological polar surface area (TPSA) is 46.5 Å². The van der Waals surface area contributed by atoms with Crippen molar-refractivity contribution in [2.24, 2.45) is 0 Å². The van der Waals surface area contributed by atoms with E-state index in [-0.39, 0.29) is 0 Å². The second-order valence-electron chi connectivity index (χ2n) is 11.2. The minimum atomic E-state index is 0.844. The van der Waals surface area contributed by atoms with E-state index in [1.807, 2.05) is 30.5 Å². The Kier molecular flexibility index (Phi) is 5.47. The van der Waals surface area contributed by atoms with Crippen molar-refractivity contribution in [3.8, 4) is 39.5 Å². The lowest BCUT2D eigenvalue weighted by molar-refractivity contribution is 1.08. The van der Waals surface area contributed by atoms with Crippen molar-refractivity contribution in [1.29, 1.82) is 0 Å². The highest BCUT2D eigenvalue weighted by molar-refractivity contribution is 6.11. The van der Waals surface area contributed by atoms with Crippen LogP contribution in [0.1, 0.15) is 0 Å². The molecule has 206 valence electrons. The number of fused-ring (bicyclic) bond motifs is 6. The van der Waals surface area contributed by atoms with Gasteiger partial charge in [0.1, 0.15) is 5.82 Å². The van der Waals surface area contributed by atoms with Gasteiger partial charge >= 0.3 is 0 Å². The molecule has 4 heterocycles. The van der Waals surface area contributed by atoms with Crippen LogP contribution in [0.25, 0.3) is 83.1 Å². The summed E-state index contributed by atoms with van der Waals surface area (Å²) in [6.45, 7) is 0. The summed E-state index contributed by atoms with van der Waals surface area (Å²) in [6, 6.07) is 51.4. The monoisotopic (exact) mass is 562 g/mol. The first-order valence-electron chi connectivity index (χ1n) is 14.8. The van der Waals surface area contributed by atoms with Crippen molar-refractivity contribution >= 4 is 43.6 Å². The normalized spacial score (nSPS) is 11.6. The van der Waals surface area contributed by atoms with E-state index >= 15 is 0 Å². The van der Waals surface area contributed by atoms with Crippen molar-refractivity contribution < 1.29 is 0 Å². The van der Waals surface area contributed by atoms with Gasteiger partial charge in [-0.15, -0.1) is 0 Å². The van der Waals surface area contributed by atoms with E-state index in [1.54, 1.807) is 0 Å². The summed E-state index contributed by atoms with van der Waals surface area (Å²) in [5.41, 5.74) is 10.9. The maximum Gasteiger partial charge on any atom is 0.138 e. The zero-order valence-corrected chi connectivity index (χ0v) is 23.8. The highest BCUT2D eigenvalue weighted by atomic mass is 15.1. The summed E-state index contributed by atoms with van der Waals surface area (Å²) >= 11 is 0. The number of aromatic amines is 1. The summed E-state index contributed by atoms with van der Waals surface area (Å²) in [6.07, 6.45) is 1.82. The second kappa shape index (κ2) is 9.79. The lowest BCUT2D eigenvalue weighted by atomic mass is 10.0. The van der Waals surface area contributed by atoms with Gasteiger partial charge in [-0.1, -0.05) is 84.9 Å². The van der Waals surface area contributed by atoms with Crippen molar-refractivity contribution in [3.63, 3.8) is 0 Å². The number of rotatable bonds is 4. The minimum absolute atomic E-state index is 0.844. The molecule has 0 aliphatic carbocycles. The Morgan fingerprint density at radius 3 is 2.00 bits per heavy atom. The molecule has 0 fully saturated rings. The number of nitrogens with zero attached hydrogens (tertiary/aromatic N) is 3. The number of H-pyrrole nitrogens is 1. The number of para-hydroxylation sites is 2. The number of nitrogens with one attached hydrogen (secondary N) is 1. The van der Waals surface area contributed by atoms with Crippen LogP contribution >= 0.6 is 0 Å². The molecule has 0 aliphatic heterocycles. The Morgan fingerprint density at radius 1 is 0.432 bits per heavy atom. The van der Waals surface area contributed by atoms with Gasteiger partial charge in [0.25, 0.3) is 0 Å². The van der Waals surface area contributed by atoms with Crippen molar-refractivity contribution in [3.05, 3.63) is 152 Å². The Morgan fingerprint density at radius 2 is 1.14 bits per heavy atom. The SMILES string of the molecule is c1ccc(-c2cc(-c3ccccn3)nc(-n3c4ccccc4c4cc(-c5ccc6[nH]c7ccccc7c6c5)ccc43)c2)cc1. The zero-order chi connectivity index (χ0) is 29.0. The van der Waals surface area contributed by atoms with Gasteiger partial charge in [-0.3, -0.25) is 9.55 Å². The molecule has 0 bridgehead atoms.